The second-order valence-corrected chi connectivity index (χ2v) is 3.74. The van der Waals surface area contributed by atoms with Crippen LogP contribution in [0.25, 0.3) is 0 Å². The highest BCUT2D eigenvalue weighted by Gasteiger charge is 2.23. The highest BCUT2D eigenvalue weighted by Crippen LogP contribution is 2.24. The number of nitrogens with zero attached hydrogens (tertiary/aromatic N) is 1. The van der Waals surface area contributed by atoms with E-state index in [0.717, 1.165) is 5.56 Å². The first kappa shape index (κ1) is 10.1. The first-order valence-electron chi connectivity index (χ1n) is 4.81. The normalized spacial score (nSPS) is 25.1. The van der Waals surface area contributed by atoms with Crippen LogP contribution in [-0.4, -0.2) is 17.8 Å². The number of aliphatic hydroxyl groups excluding tert-OH is 1. The van der Waals surface area contributed by atoms with Gasteiger partial charge in [0.15, 0.2) is 0 Å². The lowest BCUT2D eigenvalue weighted by Gasteiger charge is -2.10. The average Bonchev–Trinajstić information content (AvgIpc) is 2.64. The van der Waals surface area contributed by atoms with Gasteiger partial charge in [-0.25, -0.2) is 4.39 Å². The minimum absolute atomic E-state index is 0.0530. The van der Waals surface area contributed by atoms with Crippen molar-refractivity contribution in [2.24, 2.45) is 0 Å². The minimum Gasteiger partial charge on any atom is -0.392 e. The van der Waals surface area contributed by atoms with E-state index < -0.39 is 5.82 Å². The summed E-state index contributed by atoms with van der Waals surface area (Å²) in [5.41, 5.74) is 1.04. The van der Waals surface area contributed by atoms with E-state index >= 15 is 0 Å². The van der Waals surface area contributed by atoms with Gasteiger partial charge >= 0.3 is 0 Å². The Kier molecular flexibility index (Phi) is 2.67. The molecule has 2 rings (SSSR count). The standard InChI is InChI=1S/C11H11FN2O/c12-9-2-7(5-13)1-8(3-9)11-4-10(15)6-14-11/h1-3,10-11,14-15H,4,6H2/t10-,11-/m1/s1. The number of rotatable bonds is 1. The topological polar surface area (TPSA) is 56.0 Å². The molecule has 3 nitrogen and oxygen atoms in total. The zero-order valence-corrected chi connectivity index (χ0v) is 8.07. The number of β-amino-alcohol motifs (C(OH)–C–C–N with tert-alkyl or cyclic N) is 1. The van der Waals surface area contributed by atoms with Gasteiger partial charge in [0, 0.05) is 12.6 Å². The first-order chi connectivity index (χ1) is 7.19. The van der Waals surface area contributed by atoms with Crippen molar-refractivity contribution in [2.45, 2.75) is 18.6 Å². The molecule has 1 heterocycles. The van der Waals surface area contributed by atoms with Crippen LogP contribution in [0.2, 0.25) is 0 Å². The van der Waals surface area contributed by atoms with Crippen molar-refractivity contribution >= 4 is 0 Å². The lowest BCUT2D eigenvalue weighted by molar-refractivity contribution is 0.193. The molecule has 2 atom stereocenters. The van der Waals surface area contributed by atoms with Crippen LogP contribution in [0.5, 0.6) is 0 Å². The average molecular weight is 206 g/mol. The van der Waals surface area contributed by atoms with Crippen LogP contribution >= 0.6 is 0 Å². The molecule has 1 fully saturated rings. The lowest BCUT2D eigenvalue weighted by Crippen LogP contribution is -2.15. The van der Waals surface area contributed by atoms with Gasteiger partial charge in [-0.05, 0) is 30.2 Å². The molecule has 78 valence electrons. The molecule has 0 aromatic heterocycles. The van der Waals surface area contributed by atoms with Crippen LogP contribution in [0.4, 0.5) is 4.39 Å². The van der Waals surface area contributed by atoms with Crippen LogP contribution in [-0.2, 0) is 0 Å². The smallest absolute Gasteiger partial charge is 0.124 e. The van der Waals surface area contributed by atoms with Gasteiger partial charge in [0.05, 0.1) is 17.7 Å². The maximum absolute atomic E-state index is 13.1. The fourth-order valence-electron chi connectivity index (χ4n) is 1.85. The maximum atomic E-state index is 13.1. The number of benzene rings is 1. The third kappa shape index (κ3) is 2.14. The number of nitrogens with one attached hydrogen (secondary N) is 1. The summed E-state index contributed by atoms with van der Waals surface area (Å²) in [5.74, 6) is -0.410. The lowest BCUT2D eigenvalue weighted by atomic mass is 10.0. The Bertz CT molecular complexity index is 414. The number of hydrogen-bond acceptors (Lipinski definition) is 3. The molecule has 0 amide bonds. The van der Waals surface area contributed by atoms with Crippen molar-refractivity contribution < 1.29 is 9.50 Å². The summed E-state index contributed by atoms with van der Waals surface area (Å²) in [6.07, 6.45) is 0.178. The third-order valence-corrected chi connectivity index (χ3v) is 2.56. The number of aliphatic hydroxyl groups is 1. The van der Waals surface area contributed by atoms with E-state index in [2.05, 4.69) is 5.32 Å². The summed E-state index contributed by atoms with van der Waals surface area (Å²) in [6, 6.07) is 6.11. The van der Waals surface area contributed by atoms with Gasteiger partial charge in [-0.1, -0.05) is 0 Å². The van der Waals surface area contributed by atoms with Gasteiger partial charge in [0.25, 0.3) is 0 Å². The Labute approximate surface area is 87.2 Å². The van der Waals surface area contributed by atoms with E-state index in [1.54, 1.807) is 6.07 Å². The Hall–Kier alpha value is -1.44. The van der Waals surface area contributed by atoms with Crippen LogP contribution in [0.15, 0.2) is 18.2 Å². The highest BCUT2D eigenvalue weighted by atomic mass is 19.1. The molecule has 0 spiro atoms. The van der Waals surface area contributed by atoms with Crippen molar-refractivity contribution in [2.75, 3.05) is 6.54 Å². The van der Waals surface area contributed by atoms with E-state index in [-0.39, 0.29) is 12.1 Å². The predicted octanol–water partition coefficient (Wildman–Crippen LogP) is 1.09. The largest absolute Gasteiger partial charge is 0.392 e. The molecule has 1 saturated heterocycles. The molecule has 2 N–H and O–H groups in total. The van der Waals surface area contributed by atoms with Crippen LogP contribution in [0.3, 0.4) is 0 Å². The van der Waals surface area contributed by atoms with Gasteiger partial charge in [-0.15, -0.1) is 0 Å². The van der Waals surface area contributed by atoms with Crippen LogP contribution in [0, 0.1) is 17.1 Å². The zero-order valence-electron chi connectivity index (χ0n) is 8.07. The predicted molar refractivity (Wildman–Crippen MR) is 52.5 cm³/mol. The fraction of sp³-hybridized carbons (Fsp3) is 0.364. The molecule has 1 aliphatic heterocycles. The molecule has 1 aliphatic rings. The summed E-state index contributed by atoms with van der Waals surface area (Å²) in [6.45, 7) is 0.517. The van der Waals surface area contributed by atoms with Crippen molar-refractivity contribution in [1.29, 1.82) is 5.26 Å². The second-order valence-electron chi connectivity index (χ2n) is 3.74. The summed E-state index contributed by atoms with van der Waals surface area (Å²) in [4.78, 5) is 0. The molecule has 0 bridgehead atoms. The number of hydrogen-bond donors (Lipinski definition) is 2. The Morgan fingerprint density at radius 2 is 2.27 bits per heavy atom. The Morgan fingerprint density at radius 3 is 2.87 bits per heavy atom. The van der Waals surface area contributed by atoms with E-state index in [0.29, 0.717) is 18.5 Å². The van der Waals surface area contributed by atoms with E-state index in [1.165, 1.54) is 12.1 Å². The van der Waals surface area contributed by atoms with E-state index in [9.17, 15) is 9.50 Å². The quantitative estimate of drug-likeness (QED) is 0.723. The Balaban J connectivity index is 2.29. The molecule has 15 heavy (non-hydrogen) atoms. The molecule has 0 aliphatic carbocycles. The number of halogens is 1. The van der Waals surface area contributed by atoms with Gasteiger partial charge in [0.2, 0.25) is 0 Å². The van der Waals surface area contributed by atoms with Crippen LogP contribution < -0.4 is 5.32 Å². The molecular formula is C11H11FN2O. The van der Waals surface area contributed by atoms with Crippen molar-refractivity contribution in [3.63, 3.8) is 0 Å². The Morgan fingerprint density at radius 1 is 1.47 bits per heavy atom. The molecule has 1 aromatic carbocycles. The summed E-state index contributed by atoms with van der Waals surface area (Å²) >= 11 is 0. The number of nitriles is 1. The first-order valence-corrected chi connectivity index (χ1v) is 4.81. The molecule has 0 saturated carbocycles. The molecule has 0 unspecified atom stereocenters. The van der Waals surface area contributed by atoms with E-state index in [4.69, 9.17) is 5.26 Å². The van der Waals surface area contributed by atoms with Gasteiger partial charge in [-0.3, -0.25) is 0 Å². The molecule has 1 aromatic rings. The van der Waals surface area contributed by atoms with Crippen LogP contribution in [0.1, 0.15) is 23.6 Å². The maximum Gasteiger partial charge on any atom is 0.124 e. The SMILES string of the molecule is N#Cc1cc(F)cc([C@H]2C[C@@H](O)CN2)c1. The highest BCUT2D eigenvalue weighted by molar-refractivity contribution is 5.35. The summed E-state index contributed by atoms with van der Waals surface area (Å²) < 4.78 is 13.1. The monoisotopic (exact) mass is 206 g/mol. The van der Waals surface area contributed by atoms with Gasteiger partial charge in [-0.2, -0.15) is 5.26 Å². The third-order valence-electron chi connectivity index (χ3n) is 2.56. The van der Waals surface area contributed by atoms with E-state index in [1.807, 2.05) is 6.07 Å². The molecule has 0 radical (unpaired) electrons. The summed E-state index contributed by atoms with van der Waals surface area (Å²) in [7, 11) is 0. The fourth-order valence-corrected chi connectivity index (χ4v) is 1.85. The van der Waals surface area contributed by atoms with Crippen molar-refractivity contribution in [3.8, 4) is 6.07 Å². The molecular weight excluding hydrogens is 195 g/mol. The van der Waals surface area contributed by atoms with Gasteiger partial charge in [0.1, 0.15) is 5.82 Å². The summed E-state index contributed by atoms with van der Waals surface area (Å²) in [5, 5.41) is 21.1. The second kappa shape index (κ2) is 3.97. The minimum atomic E-state index is -0.410. The zero-order chi connectivity index (χ0) is 10.8. The molecule has 4 heteroatoms. The van der Waals surface area contributed by atoms with Crippen molar-refractivity contribution in [3.05, 3.63) is 35.1 Å². The van der Waals surface area contributed by atoms with Gasteiger partial charge < -0.3 is 10.4 Å². The van der Waals surface area contributed by atoms with Crippen molar-refractivity contribution in [1.82, 2.24) is 5.32 Å².